The molecular formula is C17H18O. The largest absolute Gasteiger partial charge is 0.393 e. The Morgan fingerprint density at radius 2 is 1.83 bits per heavy atom. The van der Waals surface area contributed by atoms with E-state index in [1.165, 1.54) is 27.8 Å². The van der Waals surface area contributed by atoms with Gasteiger partial charge in [0.15, 0.2) is 0 Å². The van der Waals surface area contributed by atoms with Crippen LogP contribution in [0, 0.1) is 0 Å². The van der Waals surface area contributed by atoms with Crippen LogP contribution in [0.25, 0.3) is 11.1 Å². The van der Waals surface area contributed by atoms with E-state index in [1.807, 2.05) is 6.92 Å². The van der Waals surface area contributed by atoms with Crippen molar-refractivity contribution in [2.24, 2.45) is 0 Å². The number of aliphatic hydroxyl groups excluding tert-OH is 1. The molecule has 2 aromatic rings. The molecule has 0 bridgehead atoms. The summed E-state index contributed by atoms with van der Waals surface area (Å²) in [5.41, 5.74) is 6.96. The lowest BCUT2D eigenvalue weighted by molar-refractivity contribution is 0.185. The summed E-state index contributed by atoms with van der Waals surface area (Å²) in [5.74, 6) is 0. The fourth-order valence-electron chi connectivity index (χ4n) is 2.73. The second-order valence-electron chi connectivity index (χ2n) is 5.21. The highest BCUT2D eigenvalue weighted by Gasteiger charge is 2.17. The molecular weight excluding hydrogens is 220 g/mol. The van der Waals surface area contributed by atoms with Crippen LogP contribution in [0.15, 0.2) is 42.5 Å². The van der Waals surface area contributed by atoms with Crippen molar-refractivity contribution in [2.75, 3.05) is 0 Å². The number of aliphatic hydroxyl groups is 1. The summed E-state index contributed by atoms with van der Waals surface area (Å²) >= 11 is 0. The highest BCUT2D eigenvalue weighted by atomic mass is 16.3. The molecule has 0 heterocycles. The van der Waals surface area contributed by atoms with Crippen LogP contribution in [0.3, 0.4) is 0 Å². The lowest BCUT2D eigenvalue weighted by Gasteiger charge is -2.07. The number of hydrogen-bond donors (Lipinski definition) is 1. The highest BCUT2D eigenvalue weighted by molar-refractivity contribution is 5.76. The van der Waals surface area contributed by atoms with Crippen molar-refractivity contribution in [3.8, 4) is 11.1 Å². The first kappa shape index (κ1) is 11.5. The molecule has 1 nitrogen and oxygen atoms in total. The van der Waals surface area contributed by atoms with E-state index in [1.54, 1.807) is 0 Å². The van der Waals surface area contributed by atoms with Crippen LogP contribution in [-0.2, 0) is 12.8 Å². The summed E-state index contributed by atoms with van der Waals surface area (Å²) < 4.78 is 0. The highest BCUT2D eigenvalue weighted by Crippen LogP contribution is 2.36. The monoisotopic (exact) mass is 238 g/mol. The minimum absolute atomic E-state index is 0.213. The average molecular weight is 238 g/mol. The smallest absolute Gasteiger partial charge is 0.0515 e. The van der Waals surface area contributed by atoms with E-state index in [9.17, 15) is 5.11 Å². The van der Waals surface area contributed by atoms with Gasteiger partial charge < -0.3 is 5.11 Å². The fraction of sp³-hybridized carbons (Fsp3) is 0.294. The van der Waals surface area contributed by atoms with Crippen LogP contribution in [0.4, 0.5) is 0 Å². The molecule has 0 radical (unpaired) electrons. The second-order valence-corrected chi connectivity index (χ2v) is 5.21. The van der Waals surface area contributed by atoms with Gasteiger partial charge in [0.25, 0.3) is 0 Å². The van der Waals surface area contributed by atoms with Crippen LogP contribution in [0.2, 0.25) is 0 Å². The normalized spacial score (nSPS) is 14.1. The van der Waals surface area contributed by atoms with Crippen molar-refractivity contribution in [3.05, 3.63) is 59.2 Å². The topological polar surface area (TPSA) is 20.2 Å². The fourth-order valence-corrected chi connectivity index (χ4v) is 2.73. The van der Waals surface area contributed by atoms with Gasteiger partial charge in [-0.3, -0.25) is 0 Å². The SMILES string of the molecule is CC(O)CCc1ccc2c(c1)Cc1ccccc1-2. The van der Waals surface area contributed by atoms with Gasteiger partial charge in [-0.05, 0) is 54.0 Å². The number of benzene rings is 2. The third-order valence-electron chi connectivity index (χ3n) is 3.71. The molecule has 2 aromatic carbocycles. The van der Waals surface area contributed by atoms with Gasteiger partial charge in [-0.15, -0.1) is 0 Å². The number of hydrogen-bond acceptors (Lipinski definition) is 1. The Labute approximate surface area is 108 Å². The van der Waals surface area contributed by atoms with Gasteiger partial charge in [0, 0.05) is 0 Å². The maximum Gasteiger partial charge on any atom is 0.0515 e. The zero-order valence-electron chi connectivity index (χ0n) is 10.7. The van der Waals surface area contributed by atoms with Gasteiger partial charge >= 0.3 is 0 Å². The lowest BCUT2D eigenvalue weighted by Crippen LogP contribution is -2.01. The molecule has 0 saturated heterocycles. The van der Waals surface area contributed by atoms with Gasteiger partial charge in [-0.25, -0.2) is 0 Å². The minimum atomic E-state index is -0.213. The zero-order valence-corrected chi connectivity index (χ0v) is 10.7. The minimum Gasteiger partial charge on any atom is -0.393 e. The molecule has 1 aliphatic rings. The summed E-state index contributed by atoms with van der Waals surface area (Å²) in [5, 5.41) is 9.35. The third-order valence-corrected chi connectivity index (χ3v) is 3.71. The summed E-state index contributed by atoms with van der Waals surface area (Å²) in [7, 11) is 0. The maximum absolute atomic E-state index is 9.35. The van der Waals surface area contributed by atoms with Crippen molar-refractivity contribution in [1.82, 2.24) is 0 Å². The van der Waals surface area contributed by atoms with E-state index in [-0.39, 0.29) is 6.10 Å². The molecule has 0 aliphatic heterocycles. The van der Waals surface area contributed by atoms with Crippen molar-refractivity contribution in [3.63, 3.8) is 0 Å². The predicted molar refractivity (Wildman–Crippen MR) is 74.7 cm³/mol. The molecule has 0 aromatic heterocycles. The molecule has 1 heteroatoms. The van der Waals surface area contributed by atoms with E-state index in [4.69, 9.17) is 0 Å². The average Bonchev–Trinajstić information content (AvgIpc) is 2.73. The summed E-state index contributed by atoms with van der Waals surface area (Å²) in [4.78, 5) is 0. The molecule has 1 aliphatic carbocycles. The van der Waals surface area contributed by atoms with Crippen LogP contribution in [0.1, 0.15) is 30.0 Å². The van der Waals surface area contributed by atoms with Crippen LogP contribution >= 0.6 is 0 Å². The van der Waals surface area contributed by atoms with Gasteiger partial charge in [0.05, 0.1) is 6.10 Å². The van der Waals surface area contributed by atoms with E-state index < -0.39 is 0 Å². The summed E-state index contributed by atoms with van der Waals surface area (Å²) in [6.07, 6.45) is 2.64. The van der Waals surface area contributed by atoms with Crippen LogP contribution in [-0.4, -0.2) is 11.2 Å². The van der Waals surface area contributed by atoms with Gasteiger partial charge in [-0.1, -0.05) is 42.5 Å². The van der Waals surface area contributed by atoms with Gasteiger partial charge in [-0.2, -0.15) is 0 Å². The Morgan fingerprint density at radius 3 is 2.67 bits per heavy atom. The van der Waals surface area contributed by atoms with Crippen molar-refractivity contribution < 1.29 is 5.11 Å². The molecule has 3 rings (SSSR count). The molecule has 18 heavy (non-hydrogen) atoms. The Hall–Kier alpha value is -1.60. The zero-order chi connectivity index (χ0) is 12.5. The summed E-state index contributed by atoms with van der Waals surface area (Å²) in [6.45, 7) is 1.85. The third kappa shape index (κ3) is 2.06. The van der Waals surface area contributed by atoms with E-state index >= 15 is 0 Å². The quantitative estimate of drug-likeness (QED) is 0.739. The summed E-state index contributed by atoms with van der Waals surface area (Å²) in [6, 6.07) is 15.4. The molecule has 92 valence electrons. The van der Waals surface area contributed by atoms with Gasteiger partial charge in [0.2, 0.25) is 0 Å². The van der Waals surface area contributed by atoms with Crippen LogP contribution < -0.4 is 0 Å². The van der Waals surface area contributed by atoms with Gasteiger partial charge in [0.1, 0.15) is 0 Å². The molecule has 1 atom stereocenters. The van der Waals surface area contributed by atoms with E-state index in [0.717, 1.165) is 19.3 Å². The molecule has 0 fully saturated rings. The molecule has 1 N–H and O–H groups in total. The first-order valence-electron chi connectivity index (χ1n) is 6.62. The molecule has 0 saturated carbocycles. The van der Waals surface area contributed by atoms with E-state index in [0.29, 0.717) is 0 Å². The van der Waals surface area contributed by atoms with Crippen LogP contribution in [0.5, 0.6) is 0 Å². The Morgan fingerprint density at radius 1 is 1.06 bits per heavy atom. The number of rotatable bonds is 3. The Balaban J connectivity index is 1.89. The maximum atomic E-state index is 9.35. The Bertz CT molecular complexity index is 570. The first-order valence-corrected chi connectivity index (χ1v) is 6.62. The van der Waals surface area contributed by atoms with Crippen molar-refractivity contribution >= 4 is 0 Å². The van der Waals surface area contributed by atoms with Crippen molar-refractivity contribution in [2.45, 2.75) is 32.3 Å². The standard InChI is InChI=1S/C17H18O/c1-12(18)6-7-13-8-9-17-15(10-13)11-14-4-2-3-5-16(14)17/h2-5,8-10,12,18H,6-7,11H2,1H3. The predicted octanol–water partition coefficient (Wildman–Crippen LogP) is 3.57. The molecule has 0 amide bonds. The lowest BCUT2D eigenvalue weighted by atomic mass is 10.0. The first-order chi connectivity index (χ1) is 8.74. The number of aryl methyl sites for hydroxylation is 1. The number of fused-ring (bicyclic) bond motifs is 3. The molecule has 1 unspecified atom stereocenters. The Kier molecular flexibility index (Phi) is 2.92. The molecule has 0 spiro atoms. The van der Waals surface area contributed by atoms with Crippen molar-refractivity contribution in [1.29, 1.82) is 0 Å². The van der Waals surface area contributed by atoms with E-state index in [2.05, 4.69) is 42.5 Å². The second kappa shape index (κ2) is 4.58.